The molecule has 4 rings (SSSR count). The summed E-state index contributed by atoms with van der Waals surface area (Å²) in [5.41, 5.74) is 8.28. The summed E-state index contributed by atoms with van der Waals surface area (Å²) in [5.74, 6) is 0.981. The van der Waals surface area contributed by atoms with Crippen molar-refractivity contribution in [3.8, 4) is 11.5 Å². The van der Waals surface area contributed by atoms with Crippen molar-refractivity contribution in [2.45, 2.75) is 12.5 Å². The van der Waals surface area contributed by atoms with Gasteiger partial charge in [-0.05, 0) is 53.4 Å². The topological polar surface area (TPSA) is 98.7 Å². The number of oxime groups is 1. The highest BCUT2D eigenvalue weighted by Gasteiger charge is 2.34. The third kappa shape index (κ3) is 5.16. The molecule has 0 spiro atoms. The lowest BCUT2D eigenvalue weighted by atomic mass is 10.0. The summed E-state index contributed by atoms with van der Waals surface area (Å²) in [6, 6.07) is 16.0. The van der Waals surface area contributed by atoms with Crippen molar-refractivity contribution in [3.05, 3.63) is 81.0 Å². The SMILES string of the molecule is COc1ccc(C2CC(c3cccs3)=NN2C(=O)CO/N=C(\N)c2ccc(Cl)cc2)cc1OC. The number of hydrogen-bond donors (Lipinski definition) is 1. The van der Waals surface area contributed by atoms with Crippen LogP contribution in [-0.4, -0.2) is 43.3 Å². The van der Waals surface area contributed by atoms with Crippen molar-refractivity contribution in [1.29, 1.82) is 0 Å². The van der Waals surface area contributed by atoms with Crippen molar-refractivity contribution in [2.24, 2.45) is 16.0 Å². The maximum absolute atomic E-state index is 13.1. The summed E-state index contributed by atoms with van der Waals surface area (Å²) in [6.45, 7) is -0.320. The van der Waals surface area contributed by atoms with Gasteiger partial charge in [-0.15, -0.1) is 11.3 Å². The first-order valence-electron chi connectivity index (χ1n) is 10.4. The number of carbonyl (C=O) groups excluding carboxylic acids is 1. The molecule has 176 valence electrons. The number of hydrazone groups is 1. The average molecular weight is 499 g/mol. The van der Waals surface area contributed by atoms with E-state index in [2.05, 4.69) is 10.3 Å². The highest BCUT2D eigenvalue weighted by molar-refractivity contribution is 7.12. The number of amidine groups is 1. The highest BCUT2D eigenvalue weighted by atomic mass is 35.5. The van der Waals surface area contributed by atoms with Gasteiger partial charge in [0.2, 0.25) is 0 Å². The fourth-order valence-electron chi connectivity index (χ4n) is 3.55. The molecule has 0 radical (unpaired) electrons. The number of rotatable bonds is 8. The molecule has 8 nitrogen and oxygen atoms in total. The van der Waals surface area contributed by atoms with E-state index in [9.17, 15) is 4.79 Å². The van der Waals surface area contributed by atoms with Crippen molar-refractivity contribution in [3.63, 3.8) is 0 Å². The third-order valence-corrected chi connectivity index (χ3v) is 6.43. The van der Waals surface area contributed by atoms with Crippen LogP contribution in [0.1, 0.15) is 28.5 Å². The molecular formula is C24H23ClN4O4S. The first-order chi connectivity index (χ1) is 16.5. The molecule has 1 amide bonds. The minimum atomic E-state index is -0.348. The van der Waals surface area contributed by atoms with E-state index in [1.165, 1.54) is 5.01 Å². The standard InChI is InChI=1S/C24H23ClN4O4S/c1-31-20-10-7-16(12-21(20)32-2)19-13-18(22-4-3-11-34-22)27-29(19)23(30)14-33-28-24(26)15-5-8-17(25)9-6-15/h3-12,19H,13-14H2,1-2H3,(H2,26,28). The fourth-order valence-corrected chi connectivity index (χ4v) is 4.40. The lowest BCUT2D eigenvalue weighted by molar-refractivity contribution is -0.138. The van der Waals surface area contributed by atoms with E-state index in [0.717, 1.165) is 16.2 Å². The minimum absolute atomic E-state index is 0.144. The maximum atomic E-state index is 13.1. The van der Waals surface area contributed by atoms with Crippen LogP contribution in [0.5, 0.6) is 11.5 Å². The highest BCUT2D eigenvalue weighted by Crippen LogP contribution is 2.37. The van der Waals surface area contributed by atoms with Crippen molar-refractivity contribution in [2.75, 3.05) is 20.8 Å². The van der Waals surface area contributed by atoms with Crippen molar-refractivity contribution in [1.82, 2.24) is 5.01 Å². The second-order valence-electron chi connectivity index (χ2n) is 7.35. The molecule has 10 heteroatoms. The van der Waals surface area contributed by atoms with E-state index in [4.69, 9.17) is 31.6 Å². The van der Waals surface area contributed by atoms with Crippen LogP contribution < -0.4 is 15.2 Å². The third-order valence-electron chi connectivity index (χ3n) is 5.25. The number of nitrogens with two attached hydrogens (primary N) is 1. The Bertz CT molecular complexity index is 1210. The smallest absolute Gasteiger partial charge is 0.283 e. The number of amides is 1. The van der Waals surface area contributed by atoms with Crippen LogP contribution in [0, 0.1) is 0 Å². The number of benzene rings is 2. The first-order valence-corrected chi connectivity index (χ1v) is 11.6. The van der Waals surface area contributed by atoms with E-state index in [-0.39, 0.29) is 24.4 Å². The number of halogens is 1. The van der Waals surface area contributed by atoms with Gasteiger partial charge in [0.05, 0.1) is 30.9 Å². The van der Waals surface area contributed by atoms with E-state index < -0.39 is 0 Å². The predicted molar refractivity (Wildman–Crippen MR) is 133 cm³/mol. The summed E-state index contributed by atoms with van der Waals surface area (Å²) in [4.78, 5) is 19.4. The average Bonchev–Trinajstić information content (AvgIpc) is 3.54. The van der Waals surface area contributed by atoms with Crippen LogP contribution in [0.15, 0.2) is 70.2 Å². The van der Waals surface area contributed by atoms with E-state index >= 15 is 0 Å². The molecule has 34 heavy (non-hydrogen) atoms. The molecule has 0 fully saturated rings. The molecule has 0 aliphatic carbocycles. The van der Waals surface area contributed by atoms with Crippen molar-refractivity contribution >= 4 is 40.4 Å². The van der Waals surface area contributed by atoms with Gasteiger partial charge in [-0.2, -0.15) is 5.10 Å². The fraction of sp³-hybridized carbons (Fsp3) is 0.208. The number of carbonyl (C=O) groups is 1. The molecule has 2 N–H and O–H groups in total. The summed E-state index contributed by atoms with van der Waals surface area (Å²) in [6.07, 6.45) is 0.553. The number of methoxy groups -OCH3 is 2. The zero-order valence-electron chi connectivity index (χ0n) is 18.6. The van der Waals surface area contributed by atoms with Gasteiger partial charge >= 0.3 is 0 Å². The van der Waals surface area contributed by atoms with Crippen LogP contribution in [-0.2, 0) is 9.63 Å². The lowest BCUT2D eigenvalue weighted by Crippen LogP contribution is -2.30. The number of ether oxygens (including phenoxy) is 2. The molecule has 2 heterocycles. The van der Waals surface area contributed by atoms with Crippen LogP contribution >= 0.6 is 22.9 Å². The van der Waals surface area contributed by atoms with Crippen molar-refractivity contribution < 1.29 is 19.1 Å². The summed E-state index contributed by atoms with van der Waals surface area (Å²) < 4.78 is 10.8. The number of nitrogens with zero attached hydrogens (tertiary/aromatic N) is 3. The molecule has 1 atom stereocenters. The van der Waals surface area contributed by atoms with Gasteiger partial charge in [0.15, 0.2) is 23.9 Å². The Labute approximate surface area is 206 Å². The molecule has 0 bridgehead atoms. The van der Waals surface area contributed by atoms with Gasteiger partial charge in [-0.3, -0.25) is 4.79 Å². The van der Waals surface area contributed by atoms with Gasteiger partial charge in [0.1, 0.15) is 0 Å². The second kappa shape index (κ2) is 10.6. The van der Waals surface area contributed by atoms with Gasteiger partial charge in [-0.25, -0.2) is 5.01 Å². The van der Waals surface area contributed by atoms with Gasteiger partial charge in [0, 0.05) is 17.0 Å². The lowest BCUT2D eigenvalue weighted by Gasteiger charge is -2.22. The molecule has 0 saturated carbocycles. The van der Waals surface area contributed by atoms with E-state index in [1.807, 2.05) is 35.7 Å². The zero-order chi connectivity index (χ0) is 24.1. The molecule has 1 unspecified atom stereocenters. The normalized spacial score (nSPS) is 15.7. The molecule has 1 aliphatic heterocycles. The molecule has 1 aliphatic rings. The van der Waals surface area contributed by atoms with Gasteiger partial charge in [0.25, 0.3) is 5.91 Å². The Morgan fingerprint density at radius 2 is 1.94 bits per heavy atom. The van der Waals surface area contributed by atoms with Crippen LogP contribution in [0.2, 0.25) is 5.02 Å². The molecular weight excluding hydrogens is 476 g/mol. The second-order valence-corrected chi connectivity index (χ2v) is 8.74. The summed E-state index contributed by atoms with van der Waals surface area (Å²) in [5, 5.41) is 12.5. The minimum Gasteiger partial charge on any atom is -0.493 e. The van der Waals surface area contributed by atoms with Crippen LogP contribution in [0.25, 0.3) is 0 Å². The molecule has 2 aromatic carbocycles. The van der Waals surface area contributed by atoms with E-state index in [0.29, 0.717) is 28.5 Å². The summed E-state index contributed by atoms with van der Waals surface area (Å²) >= 11 is 7.47. The van der Waals surface area contributed by atoms with Crippen LogP contribution in [0.4, 0.5) is 0 Å². The zero-order valence-corrected chi connectivity index (χ0v) is 20.2. The van der Waals surface area contributed by atoms with Gasteiger partial charge in [-0.1, -0.05) is 28.9 Å². The Hall–Kier alpha value is -3.56. The van der Waals surface area contributed by atoms with Crippen LogP contribution in [0.3, 0.4) is 0 Å². The molecule has 0 saturated heterocycles. The number of hydrogen-bond acceptors (Lipinski definition) is 7. The Morgan fingerprint density at radius 3 is 2.62 bits per heavy atom. The maximum Gasteiger partial charge on any atom is 0.283 e. The first kappa shape index (κ1) is 23.6. The van der Waals surface area contributed by atoms with E-state index in [1.54, 1.807) is 49.8 Å². The molecule has 3 aromatic rings. The Morgan fingerprint density at radius 1 is 1.18 bits per heavy atom. The Balaban J connectivity index is 1.54. The summed E-state index contributed by atoms with van der Waals surface area (Å²) in [7, 11) is 3.15. The largest absolute Gasteiger partial charge is 0.493 e. The number of thiophene rings is 1. The monoisotopic (exact) mass is 498 g/mol. The quantitative estimate of drug-likeness (QED) is 0.281. The Kier molecular flexibility index (Phi) is 7.34. The molecule has 1 aromatic heterocycles. The predicted octanol–water partition coefficient (Wildman–Crippen LogP) is 4.43. The van der Waals surface area contributed by atoms with Gasteiger partial charge < -0.3 is 20.0 Å².